The number of nitrogens with one attached hydrogen (secondary N) is 1. The monoisotopic (exact) mass is 254 g/mol. The van der Waals surface area contributed by atoms with Gasteiger partial charge in [0, 0.05) is 36.5 Å². The van der Waals surface area contributed by atoms with Crippen LogP contribution in [0.3, 0.4) is 0 Å². The van der Waals surface area contributed by atoms with Crippen molar-refractivity contribution in [1.82, 2.24) is 10.3 Å². The van der Waals surface area contributed by atoms with Gasteiger partial charge in [-0.1, -0.05) is 24.3 Å². The van der Waals surface area contributed by atoms with Crippen LogP contribution in [0.5, 0.6) is 5.75 Å². The number of aromatic nitrogens is 1. The molecule has 1 unspecified atom stereocenters. The SMILES string of the molecule is C[C@H](NCC1COc2ccccc21)c1cccnc1. The van der Waals surface area contributed by atoms with Crippen molar-refractivity contribution >= 4 is 0 Å². The summed E-state index contributed by atoms with van der Waals surface area (Å²) in [5, 5.41) is 3.56. The fraction of sp³-hybridized carbons (Fsp3) is 0.312. The number of nitrogens with zero attached hydrogens (tertiary/aromatic N) is 1. The van der Waals surface area contributed by atoms with Gasteiger partial charge >= 0.3 is 0 Å². The number of benzene rings is 1. The smallest absolute Gasteiger partial charge is 0.122 e. The molecule has 1 aliphatic rings. The van der Waals surface area contributed by atoms with Gasteiger partial charge in [0.15, 0.2) is 0 Å². The van der Waals surface area contributed by atoms with Crippen LogP contribution in [0.25, 0.3) is 0 Å². The zero-order valence-corrected chi connectivity index (χ0v) is 11.0. The second-order valence-corrected chi connectivity index (χ2v) is 4.96. The van der Waals surface area contributed by atoms with E-state index in [0.29, 0.717) is 12.0 Å². The molecule has 0 spiro atoms. The van der Waals surface area contributed by atoms with E-state index in [1.807, 2.05) is 24.4 Å². The summed E-state index contributed by atoms with van der Waals surface area (Å²) in [6.07, 6.45) is 3.72. The topological polar surface area (TPSA) is 34.1 Å². The molecule has 0 aliphatic carbocycles. The quantitative estimate of drug-likeness (QED) is 0.911. The second kappa shape index (κ2) is 5.41. The standard InChI is InChI=1S/C16H18N2O/c1-12(13-5-4-8-17-9-13)18-10-14-11-19-16-7-3-2-6-15(14)16/h2-9,12,14,18H,10-11H2,1H3/t12-,14?/m0/s1. The molecule has 0 radical (unpaired) electrons. The van der Waals surface area contributed by atoms with Crippen LogP contribution in [0.15, 0.2) is 48.8 Å². The predicted molar refractivity (Wildman–Crippen MR) is 75.3 cm³/mol. The van der Waals surface area contributed by atoms with Gasteiger partial charge in [-0.2, -0.15) is 0 Å². The van der Waals surface area contributed by atoms with Crippen LogP contribution in [-0.2, 0) is 0 Å². The van der Waals surface area contributed by atoms with Crippen molar-refractivity contribution in [3.05, 3.63) is 59.9 Å². The Morgan fingerprint density at radius 1 is 1.32 bits per heavy atom. The number of rotatable bonds is 4. The maximum atomic E-state index is 5.70. The van der Waals surface area contributed by atoms with E-state index in [0.717, 1.165) is 18.9 Å². The summed E-state index contributed by atoms with van der Waals surface area (Å²) >= 11 is 0. The molecule has 0 saturated heterocycles. The molecule has 2 heterocycles. The molecule has 0 amide bonds. The van der Waals surface area contributed by atoms with Crippen LogP contribution >= 0.6 is 0 Å². The van der Waals surface area contributed by atoms with E-state index in [1.165, 1.54) is 11.1 Å². The third-order valence-corrected chi connectivity index (χ3v) is 3.65. The lowest BCUT2D eigenvalue weighted by molar-refractivity contribution is 0.323. The van der Waals surface area contributed by atoms with E-state index < -0.39 is 0 Å². The third kappa shape index (κ3) is 2.61. The number of para-hydroxylation sites is 1. The van der Waals surface area contributed by atoms with Gasteiger partial charge in [-0.3, -0.25) is 4.98 Å². The van der Waals surface area contributed by atoms with E-state index in [9.17, 15) is 0 Å². The van der Waals surface area contributed by atoms with Crippen LogP contribution < -0.4 is 10.1 Å². The van der Waals surface area contributed by atoms with Crippen molar-refractivity contribution < 1.29 is 4.74 Å². The maximum absolute atomic E-state index is 5.70. The molecule has 1 N–H and O–H groups in total. The zero-order chi connectivity index (χ0) is 13.1. The normalized spacial score (nSPS) is 18.7. The summed E-state index contributed by atoms with van der Waals surface area (Å²) in [6.45, 7) is 3.86. The highest BCUT2D eigenvalue weighted by atomic mass is 16.5. The first-order valence-corrected chi connectivity index (χ1v) is 6.69. The van der Waals surface area contributed by atoms with Crippen molar-refractivity contribution in [3.63, 3.8) is 0 Å². The molecule has 3 rings (SSSR count). The van der Waals surface area contributed by atoms with Gasteiger partial charge in [-0.15, -0.1) is 0 Å². The van der Waals surface area contributed by atoms with Crippen molar-refractivity contribution in [1.29, 1.82) is 0 Å². The molecule has 19 heavy (non-hydrogen) atoms. The van der Waals surface area contributed by atoms with Crippen LogP contribution in [0.2, 0.25) is 0 Å². The summed E-state index contributed by atoms with van der Waals surface area (Å²) in [5.74, 6) is 1.47. The minimum atomic E-state index is 0.307. The maximum Gasteiger partial charge on any atom is 0.122 e. The Hall–Kier alpha value is -1.87. The molecule has 0 bridgehead atoms. The number of fused-ring (bicyclic) bond motifs is 1. The van der Waals surface area contributed by atoms with Gasteiger partial charge in [-0.25, -0.2) is 0 Å². The Morgan fingerprint density at radius 2 is 2.21 bits per heavy atom. The van der Waals surface area contributed by atoms with E-state index >= 15 is 0 Å². The molecule has 98 valence electrons. The van der Waals surface area contributed by atoms with E-state index in [2.05, 4.69) is 35.4 Å². The van der Waals surface area contributed by atoms with E-state index in [4.69, 9.17) is 4.74 Å². The minimum Gasteiger partial charge on any atom is -0.493 e. The van der Waals surface area contributed by atoms with Crippen molar-refractivity contribution in [3.8, 4) is 5.75 Å². The Morgan fingerprint density at radius 3 is 3.05 bits per heavy atom. The van der Waals surface area contributed by atoms with E-state index in [1.54, 1.807) is 6.20 Å². The van der Waals surface area contributed by atoms with Crippen LogP contribution in [0.4, 0.5) is 0 Å². The van der Waals surface area contributed by atoms with Gasteiger partial charge in [-0.05, 0) is 24.6 Å². The molecule has 3 heteroatoms. The summed E-state index contributed by atoms with van der Waals surface area (Å²) in [7, 11) is 0. The molecule has 1 aliphatic heterocycles. The van der Waals surface area contributed by atoms with Gasteiger partial charge < -0.3 is 10.1 Å². The fourth-order valence-corrected chi connectivity index (χ4v) is 2.47. The summed E-state index contributed by atoms with van der Waals surface area (Å²) in [4.78, 5) is 4.16. The Kier molecular flexibility index (Phi) is 3.47. The molecule has 0 saturated carbocycles. The molecule has 2 aromatic rings. The number of pyridine rings is 1. The van der Waals surface area contributed by atoms with Crippen molar-refractivity contribution in [2.75, 3.05) is 13.2 Å². The summed E-state index contributed by atoms with van der Waals surface area (Å²) < 4.78 is 5.70. The molecule has 2 atom stereocenters. The second-order valence-electron chi connectivity index (χ2n) is 4.96. The first-order valence-electron chi connectivity index (χ1n) is 6.69. The highest BCUT2D eigenvalue weighted by molar-refractivity contribution is 5.39. The van der Waals surface area contributed by atoms with E-state index in [-0.39, 0.29) is 0 Å². The molecule has 1 aromatic heterocycles. The van der Waals surface area contributed by atoms with Crippen LogP contribution in [-0.4, -0.2) is 18.1 Å². The fourth-order valence-electron chi connectivity index (χ4n) is 2.47. The van der Waals surface area contributed by atoms with Gasteiger partial charge in [0.2, 0.25) is 0 Å². The highest BCUT2D eigenvalue weighted by Crippen LogP contribution is 2.33. The molecular formula is C16H18N2O. The largest absolute Gasteiger partial charge is 0.493 e. The van der Waals surface area contributed by atoms with Crippen LogP contribution in [0.1, 0.15) is 30.0 Å². The molecule has 3 nitrogen and oxygen atoms in total. The minimum absolute atomic E-state index is 0.307. The lowest BCUT2D eigenvalue weighted by Gasteiger charge is -2.16. The lowest BCUT2D eigenvalue weighted by atomic mass is 10.0. The molecular weight excluding hydrogens is 236 g/mol. The van der Waals surface area contributed by atoms with Crippen molar-refractivity contribution in [2.24, 2.45) is 0 Å². The number of ether oxygens (including phenoxy) is 1. The Labute approximate surface area is 113 Å². The predicted octanol–water partition coefficient (Wildman–Crippen LogP) is 2.91. The first-order chi connectivity index (χ1) is 9.34. The van der Waals surface area contributed by atoms with Gasteiger partial charge in [0.25, 0.3) is 0 Å². The number of hydrogen-bond acceptors (Lipinski definition) is 3. The molecule has 0 fully saturated rings. The third-order valence-electron chi connectivity index (χ3n) is 3.65. The Balaban J connectivity index is 1.62. The molecule has 1 aromatic carbocycles. The van der Waals surface area contributed by atoms with Crippen LogP contribution in [0, 0.1) is 0 Å². The van der Waals surface area contributed by atoms with Crippen molar-refractivity contribution in [2.45, 2.75) is 18.9 Å². The highest BCUT2D eigenvalue weighted by Gasteiger charge is 2.23. The first kappa shape index (κ1) is 12.2. The number of hydrogen-bond donors (Lipinski definition) is 1. The zero-order valence-electron chi connectivity index (χ0n) is 11.0. The Bertz CT molecular complexity index is 541. The van der Waals surface area contributed by atoms with Gasteiger partial charge in [0.1, 0.15) is 5.75 Å². The lowest BCUT2D eigenvalue weighted by Crippen LogP contribution is -2.25. The van der Waals surface area contributed by atoms with Gasteiger partial charge in [0.05, 0.1) is 6.61 Å². The average Bonchev–Trinajstić information content (AvgIpc) is 2.89. The average molecular weight is 254 g/mol. The summed E-state index contributed by atoms with van der Waals surface area (Å²) in [6, 6.07) is 12.7. The summed E-state index contributed by atoms with van der Waals surface area (Å²) in [5.41, 5.74) is 2.53.